The van der Waals surface area contributed by atoms with Crippen molar-refractivity contribution in [1.82, 2.24) is 5.32 Å². The average molecular weight is 301 g/mol. The molecule has 0 saturated carbocycles. The molecule has 4 heteroatoms. The van der Waals surface area contributed by atoms with Crippen LogP contribution in [0.3, 0.4) is 0 Å². The summed E-state index contributed by atoms with van der Waals surface area (Å²) < 4.78 is 11.0. The third-order valence-corrected chi connectivity index (χ3v) is 3.63. The van der Waals surface area contributed by atoms with E-state index >= 15 is 0 Å². The van der Waals surface area contributed by atoms with Gasteiger partial charge in [0, 0.05) is 11.1 Å². The first-order valence-corrected chi connectivity index (χ1v) is 7.53. The van der Waals surface area contributed by atoms with Crippen LogP contribution in [0, 0.1) is 20.8 Å². The number of carbonyl (C=O) groups excluding carboxylic acids is 1. The van der Waals surface area contributed by atoms with Crippen LogP contribution in [0.15, 0.2) is 28.7 Å². The Hall–Kier alpha value is -2.23. The largest absolute Gasteiger partial charge is 0.494 e. The normalized spacial score (nSPS) is 12.0. The molecule has 0 aliphatic carbocycles. The molecule has 0 aliphatic heterocycles. The quantitative estimate of drug-likeness (QED) is 0.904. The summed E-state index contributed by atoms with van der Waals surface area (Å²) >= 11 is 0. The Bertz CT molecular complexity index is 673. The summed E-state index contributed by atoms with van der Waals surface area (Å²) in [5.41, 5.74) is 2.59. The van der Waals surface area contributed by atoms with Gasteiger partial charge in [-0.25, -0.2) is 0 Å². The van der Waals surface area contributed by atoms with Gasteiger partial charge in [-0.3, -0.25) is 4.79 Å². The second kappa shape index (κ2) is 6.69. The fourth-order valence-electron chi connectivity index (χ4n) is 2.55. The van der Waals surface area contributed by atoms with Crippen molar-refractivity contribution >= 4 is 5.91 Å². The topological polar surface area (TPSA) is 51.5 Å². The zero-order chi connectivity index (χ0) is 16.3. The number of benzene rings is 1. The molecule has 22 heavy (non-hydrogen) atoms. The van der Waals surface area contributed by atoms with Crippen LogP contribution in [0.25, 0.3) is 0 Å². The molecule has 0 aliphatic rings. The minimum Gasteiger partial charge on any atom is -0.494 e. The van der Waals surface area contributed by atoms with Gasteiger partial charge in [0.2, 0.25) is 0 Å². The molecule has 0 fully saturated rings. The van der Waals surface area contributed by atoms with Crippen LogP contribution in [0.5, 0.6) is 5.75 Å². The van der Waals surface area contributed by atoms with E-state index in [2.05, 4.69) is 5.32 Å². The second-order valence-corrected chi connectivity index (χ2v) is 5.48. The molecule has 2 rings (SSSR count). The second-order valence-electron chi connectivity index (χ2n) is 5.48. The molecule has 1 atom stereocenters. The van der Waals surface area contributed by atoms with Crippen LogP contribution in [0.4, 0.5) is 0 Å². The monoisotopic (exact) mass is 301 g/mol. The maximum Gasteiger partial charge on any atom is 0.251 e. The molecule has 1 heterocycles. The summed E-state index contributed by atoms with van der Waals surface area (Å²) in [4.78, 5) is 12.4. The van der Waals surface area contributed by atoms with Crippen LogP contribution in [0.1, 0.15) is 52.9 Å². The van der Waals surface area contributed by atoms with Crippen molar-refractivity contribution in [2.75, 3.05) is 6.61 Å². The highest BCUT2D eigenvalue weighted by Crippen LogP contribution is 2.23. The number of nitrogens with one attached hydrogen (secondary N) is 1. The van der Waals surface area contributed by atoms with Gasteiger partial charge in [-0.05, 0) is 64.4 Å². The van der Waals surface area contributed by atoms with E-state index in [1.807, 2.05) is 52.8 Å². The van der Waals surface area contributed by atoms with Crippen LogP contribution in [-0.4, -0.2) is 12.5 Å². The first-order chi connectivity index (χ1) is 10.4. The van der Waals surface area contributed by atoms with Gasteiger partial charge in [0.1, 0.15) is 17.3 Å². The van der Waals surface area contributed by atoms with E-state index in [1.54, 1.807) is 6.07 Å². The lowest BCUT2D eigenvalue weighted by Gasteiger charge is -2.14. The summed E-state index contributed by atoms with van der Waals surface area (Å²) in [5.74, 6) is 2.41. The molecule has 1 aromatic carbocycles. The lowest BCUT2D eigenvalue weighted by molar-refractivity contribution is 0.0939. The Morgan fingerprint density at radius 2 is 2.00 bits per heavy atom. The average Bonchev–Trinajstić information content (AvgIpc) is 2.80. The number of hydrogen-bond acceptors (Lipinski definition) is 3. The predicted molar refractivity (Wildman–Crippen MR) is 86.4 cm³/mol. The number of hydrogen-bond donors (Lipinski definition) is 1. The van der Waals surface area contributed by atoms with E-state index in [-0.39, 0.29) is 11.9 Å². The van der Waals surface area contributed by atoms with Crippen molar-refractivity contribution in [2.24, 2.45) is 0 Å². The highest BCUT2D eigenvalue weighted by molar-refractivity contribution is 5.94. The molecule has 0 bridgehead atoms. The van der Waals surface area contributed by atoms with Crippen molar-refractivity contribution < 1.29 is 13.9 Å². The molecule has 1 N–H and O–H groups in total. The van der Waals surface area contributed by atoms with Gasteiger partial charge in [0.05, 0.1) is 12.6 Å². The zero-order valence-electron chi connectivity index (χ0n) is 13.8. The maximum atomic E-state index is 12.4. The fraction of sp³-hybridized carbons (Fsp3) is 0.389. The Morgan fingerprint density at radius 1 is 1.27 bits per heavy atom. The summed E-state index contributed by atoms with van der Waals surface area (Å²) in [6, 6.07) is 7.33. The third kappa shape index (κ3) is 3.50. The highest BCUT2D eigenvalue weighted by atomic mass is 16.5. The fourth-order valence-corrected chi connectivity index (χ4v) is 2.55. The number of amides is 1. The molecule has 1 amide bonds. The van der Waals surface area contributed by atoms with Crippen molar-refractivity contribution in [1.29, 1.82) is 0 Å². The SMILES string of the molecule is CCOc1ccc(C(=O)NC(C)c2cc(C)oc2C)cc1C. The van der Waals surface area contributed by atoms with Crippen molar-refractivity contribution in [3.63, 3.8) is 0 Å². The Labute approximate surface area is 131 Å². The lowest BCUT2D eigenvalue weighted by Crippen LogP contribution is -2.26. The molecule has 0 saturated heterocycles. The first-order valence-electron chi connectivity index (χ1n) is 7.53. The zero-order valence-corrected chi connectivity index (χ0v) is 13.8. The van der Waals surface area contributed by atoms with Gasteiger partial charge < -0.3 is 14.5 Å². The summed E-state index contributed by atoms with van der Waals surface area (Å²) in [5, 5.41) is 3.01. The summed E-state index contributed by atoms with van der Waals surface area (Å²) in [7, 11) is 0. The standard InChI is InChI=1S/C18H23NO3/c1-6-21-17-8-7-15(9-11(17)2)18(20)19-13(4)16-10-12(3)22-14(16)5/h7-10,13H,6H2,1-5H3,(H,19,20). The van der Waals surface area contributed by atoms with Crippen LogP contribution in [0.2, 0.25) is 0 Å². The van der Waals surface area contributed by atoms with Crippen LogP contribution < -0.4 is 10.1 Å². The van der Waals surface area contributed by atoms with Gasteiger partial charge in [0.25, 0.3) is 5.91 Å². The molecule has 1 unspecified atom stereocenters. The smallest absolute Gasteiger partial charge is 0.251 e. The molecular weight excluding hydrogens is 278 g/mol. The third-order valence-electron chi connectivity index (χ3n) is 3.63. The molecule has 118 valence electrons. The van der Waals surface area contributed by atoms with Crippen LogP contribution >= 0.6 is 0 Å². The first kappa shape index (κ1) is 16.1. The number of furan rings is 1. The van der Waals surface area contributed by atoms with E-state index in [4.69, 9.17) is 9.15 Å². The number of aryl methyl sites for hydroxylation is 3. The minimum absolute atomic E-state index is 0.100. The van der Waals surface area contributed by atoms with E-state index in [0.29, 0.717) is 12.2 Å². The highest BCUT2D eigenvalue weighted by Gasteiger charge is 2.16. The van der Waals surface area contributed by atoms with Gasteiger partial charge in [-0.2, -0.15) is 0 Å². The van der Waals surface area contributed by atoms with E-state index in [9.17, 15) is 4.79 Å². The lowest BCUT2D eigenvalue weighted by atomic mass is 10.1. The molecule has 1 aromatic heterocycles. The van der Waals surface area contributed by atoms with Gasteiger partial charge in [0.15, 0.2) is 0 Å². The predicted octanol–water partition coefficient (Wildman–Crippen LogP) is 4.09. The molecule has 0 spiro atoms. The Balaban J connectivity index is 2.12. The number of rotatable bonds is 5. The van der Waals surface area contributed by atoms with Crippen molar-refractivity contribution in [3.8, 4) is 5.75 Å². The van der Waals surface area contributed by atoms with E-state index in [0.717, 1.165) is 28.4 Å². The van der Waals surface area contributed by atoms with E-state index in [1.165, 1.54) is 0 Å². The van der Waals surface area contributed by atoms with E-state index < -0.39 is 0 Å². The van der Waals surface area contributed by atoms with Gasteiger partial charge >= 0.3 is 0 Å². The van der Waals surface area contributed by atoms with Crippen LogP contribution in [-0.2, 0) is 0 Å². The van der Waals surface area contributed by atoms with Crippen molar-refractivity contribution in [3.05, 3.63) is 52.5 Å². The molecule has 2 aromatic rings. The minimum atomic E-state index is -0.100. The summed E-state index contributed by atoms with van der Waals surface area (Å²) in [6.07, 6.45) is 0. The maximum absolute atomic E-state index is 12.4. The molecule has 0 radical (unpaired) electrons. The van der Waals surface area contributed by atoms with Gasteiger partial charge in [-0.15, -0.1) is 0 Å². The number of ether oxygens (including phenoxy) is 1. The molecular formula is C18H23NO3. The Morgan fingerprint density at radius 3 is 2.55 bits per heavy atom. The number of carbonyl (C=O) groups is 1. The van der Waals surface area contributed by atoms with Gasteiger partial charge in [-0.1, -0.05) is 0 Å². The summed E-state index contributed by atoms with van der Waals surface area (Å²) in [6.45, 7) is 10.3. The Kier molecular flexibility index (Phi) is 4.91. The van der Waals surface area contributed by atoms with Crippen molar-refractivity contribution in [2.45, 2.75) is 40.7 Å². The molecule has 4 nitrogen and oxygen atoms in total.